The minimum absolute atomic E-state index is 0.0790. The van der Waals surface area contributed by atoms with Crippen LogP contribution in [0.25, 0.3) is 0 Å². The van der Waals surface area contributed by atoms with Crippen molar-refractivity contribution in [3.05, 3.63) is 12.2 Å². The standard InChI is InChI=1S/C16H34N2O2/c1-14(2)8-7-9-15(3,4)19-12-10-16(5,6)20-13-11-18-17/h18H,1,7-13,17H2,2-6H3. The third-order valence-corrected chi connectivity index (χ3v) is 3.32. The summed E-state index contributed by atoms with van der Waals surface area (Å²) in [4.78, 5) is 0. The average Bonchev–Trinajstić information content (AvgIpc) is 2.27. The van der Waals surface area contributed by atoms with Crippen molar-refractivity contribution in [1.82, 2.24) is 5.43 Å². The van der Waals surface area contributed by atoms with Gasteiger partial charge in [-0.3, -0.25) is 11.3 Å². The molecular weight excluding hydrogens is 252 g/mol. The molecule has 0 spiro atoms. The van der Waals surface area contributed by atoms with E-state index >= 15 is 0 Å². The molecule has 0 heterocycles. The van der Waals surface area contributed by atoms with Gasteiger partial charge in [0.15, 0.2) is 0 Å². The largest absolute Gasteiger partial charge is 0.375 e. The third kappa shape index (κ3) is 11.4. The third-order valence-electron chi connectivity index (χ3n) is 3.32. The quantitative estimate of drug-likeness (QED) is 0.250. The number of hydrazine groups is 1. The van der Waals surface area contributed by atoms with Gasteiger partial charge in [0.1, 0.15) is 0 Å². The molecule has 0 saturated heterocycles. The molecule has 0 amide bonds. The highest BCUT2D eigenvalue weighted by Gasteiger charge is 2.22. The molecule has 20 heavy (non-hydrogen) atoms. The van der Waals surface area contributed by atoms with Gasteiger partial charge in [-0.25, -0.2) is 0 Å². The number of nitrogens with two attached hydrogens (primary N) is 1. The van der Waals surface area contributed by atoms with Crippen molar-refractivity contribution in [1.29, 1.82) is 0 Å². The first-order valence-electron chi connectivity index (χ1n) is 7.54. The first kappa shape index (κ1) is 19.6. The van der Waals surface area contributed by atoms with Crippen molar-refractivity contribution in [2.45, 2.75) is 71.5 Å². The van der Waals surface area contributed by atoms with E-state index in [1.54, 1.807) is 0 Å². The molecule has 4 heteroatoms. The van der Waals surface area contributed by atoms with Gasteiger partial charge >= 0.3 is 0 Å². The lowest BCUT2D eigenvalue weighted by Crippen LogP contribution is -2.34. The first-order chi connectivity index (χ1) is 9.18. The number of hydrogen-bond acceptors (Lipinski definition) is 4. The summed E-state index contributed by atoms with van der Waals surface area (Å²) >= 11 is 0. The van der Waals surface area contributed by atoms with Crippen LogP contribution in [0.15, 0.2) is 12.2 Å². The van der Waals surface area contributed by atoms with Crippen molar-refractivity contribution in [3.63, 3.8) is 0 Å². The van der Waals surface area contributed by atoms with Crippen molar-refractivity contribution in [3.8, 4) is 0 Å². The fraction of sp³-hybridized carbons (Fsp3) is 0.875. The number of ether oxygens (including phenoxy) is 2. The number of allylic oxidation sites excluding steroid dienone is 1. The van der Waals surface area contributed by atoms with Crippen molar-refractivity contribution in [2.75, 3.05) is 19.8 Å². The summed E-state index contributed by atoms with van der Waals surface area (Å²) in [5, 5.41) is 0. The average molecular weight is 286 g/mol. The van der Waals surface area contributed by atoms with Gasteiger partial charge in [0.05, 0.1) is 24.4 Å². The van der Waals surface area contributed by atoms with Crippen LogP contribution in [0.4, 0.5) is 0 Å². The summed E-state index contributed by atoms with van der Waals surface area (Å²) in [5.41, 5.74) is 3.57. The maximum atomic E-state index is 6.00. The zero-order valence-corrected chi connectivity index (χ0v) is 14.1. The second-order valence-electron chi connectivity index (χ2n) is 6.73. The maximum Gasteiger partial charge on any atom is 0.0649 e. The van der Waals surface area contributed by atoms with E-state index in [4.69, 9.17) is 15.3 Å². The van der Waals surface area contributed by atoms with E-state index in [0.717, 1.165) is 25.7 Å². The minimum atomic E-state index is -0.176. The SMILES string of the molecule is C=C(C)CCCC(C)(C)OCCC(C)(C)OCCNN. The summed E-state index contributed by atoms with van der Waals surface area (Å²) < 4.78 is 11.8. The minimum Gasteiger partial charge on any atom is -0.375 e. The second-order valence-corrected chi connectivity index (χ2v) is 6.73. The zero-order chi connectivity index (χ0) is 15.6. The number of hydrogen-bond donors (Lipinski definition) is 2. The Morgan fingerprint density at radius 2 is 1.60 bits per heavy atom. The van der Waals surface area contributed by atoms with Crippen LogP contribution in [0.2, 0.25) is 0 Å². The molecule has 0 fully saturated rings. The highest BCUT2D eigenvalue weighted by atomic mass is 16.5. The smallest absolute Gasteiger partial charge is 0.0649 e. The molecule has 0 radical (unpaired) electrons. The Kier molecular flexibility index (Phi) is 9.30. The molecule has 0 rings (SSSR count). The predicted octanol–water partition coefficient (Wildman–Crippen LogP) is 3.18. The Labute approximate surface area is 125 Å². The summed E-state index contributed by atoms with van der Waals surface area (Å²) in [6.07, 6.45) is 4.14. The van der Waals surface area contributed by atoms with E-state index in [1.807, 2.05) is 0 Å². The van der Waals surface area contributed by atoms with Gasteiger partial charge in [-0.15, -0.1) is 6.58 Å². The van der Waals surface area contributed by atoms with Crippen molar-refractivity contribution >= 4 is 0 Å². The van der Waals surface area contributed by atoms with Crippen LogP contribution < -0.4 is 11.3 Å². The van der Waals surface area contributed by atoms with Crippen molar-refractivity contribution in [2.24, 2.45) is 5.84 Å². The Bertz CT molecular complexity index is 276. The van der Waals surface area contributed by atoms with E-state index in [9.17, 15) is 0 Å². The molecule has 0 aromatic rings. The van der Waals surface area contributed by atoms with Gasteiger partial charge in [0.2, 0.25) is 0 Å². The van der Waals surface area contributed by atoms with Gasteiger partial charge in [0.25, 0.3) is 0 Å². The van der Waals surface area contributed by atoms with Crippen LogP contribution >= 0.6 is 0 Å². The molecule has 0 aromatic heterocycles. The zero-order valence-electron chi connectivity index (χ0n) is 14.1. The lowest BCUT2D eigenvalue weighted by molar-refractivity contribution is -0.0738. The van der Waals surface area contributed by atoms with E-state index in [1.165, 1.54) is 5.57 Å². The molecular formula is C16H34N2O2. The summed E-state index contributed by atoms with van der Waals surface area (Å²) in [6.45, 7) is 16.5. The monoisotopic (exact) mass is 286 g/mol. The van der Waals surface area contributed by atoms with Crippen LogP contribution in [0.5, 0.6) is 0 Å². The normalized spacial score (nSPS) is 12.7. The molecule has 0 aliphatic carbocycles. The molecule has 3 N–H and O–H groups in total. The van der Waals surface area contributed by atoms with E-state index < -0.39 is 0 Å². The van der Waals surface area contributed by atoms with Crippen molar-refractivity contribution < 1.29 is 9.47 Å². The topological polar surface area (TPSA) is 56.5 Å². The Hall–Kier alpha value is -0.420. The molecule has 4 nitrogen and oxygen atoms in total. The fourth-order valence-electron chi connectivity index (χ4n) is 1.92. The van der Waals surface area contributed by atoms with Gasteiger partial charge in [-0.05, 0) is 60.3 Å². The van der Waals surface area contributed by atoms with Gasteiger partial charge in [0, 0.05) is 6.54 Å². The highest BCUT2D eigenvalue weighted by molar-refractivity contribution is 4.88. The molecule has 0 saturated carbocycles. The van der Waals surface area contributed by atoms with Gasteiger partial charge in [-0.1, -0.05) is 5.57 Å². The lowest BCUT2D eigenvalue weighted by atomic mass is 9.99. The fourth-order valence-corrected chi connectivity index (χ4v) is 1.92. The molecule has 0 aromatic carbocycles. The molecule has 120 valence electrons. The summed E-state index contributed by atoms with van der Waals surface area (Å²) in [7, 11) is 0. The van der Waals surface area contributed by atoms with Crippen LogP contribution in [-0.4, -0.2) is 31.0 Å². The summed E-state index contributed by atoms with van der Waals surface area (Å²) in [6, 6.07) is 0. The predicted molar refractivity (Wildman–Crippen MR) is 85.5 cm³/mol. The Morgan fingerprint density at radius 3 is 2.15 bits per heavy atom. The van der Waals surface area contributed by atoms with E-state index in [-0.39, 0.29) is 11.2 Å². The van der Waals surface area contributed by atoms with E-state index in [2.05, 4.69) is 46.6 Å². The van der Waals surface area contributed by atoms with Gasteiger partial charge in [-0.2, -0.15) is 0 Å². The maximum absolute atomic E-state index is 6.00. The Balaban J connectivity index is 3.86. The van der Waals surface area contributed by atoms with Crippen LogP contribution in [0.1, 0.15) is 60.3 Å². The molecule has 0 atom stereocenters. The van der Waals surface area contributed by atoms with E-state index in [0.29, 0.717) is 19.8 Å². The van der Waals surface area contributed by atoms with Gasteiger partial charge < -0.3 is 9.47 Å². The second kappa shape index (κ2) is 9.50. The lowest BCUT2D eigenvalue weighted by Gasteiger charge is -2.30. The molecule has 0 aliphatic heterocycles. The van der Waals surface area contributed by atoms with Crippen LogP contribution in [0.3, 0.4) is 0 Å². The molecule has 0 unspecified atom stereocenters. The molecule has 0 bridgehead atoms. The number of rotatable bonds is 12. The van der Waals surface area contributed by atoms with Crippen LogP contribution in [0, 0.1) is 0 Å². The van der Waals surface area contributed by atoms with Crippen LogP contribution in [-0.2, 0) is 9.47 Å². The summed E-state index contributed by atoms with van der Waals surface area (Å²) in [5.74, 6) is 5.22. The molecule has 0 aliphatic rings. The number of nitrogens with one attached hydrogen (secondary N) is 1. The Morgan fingerprint density at radius 1 is 1.05 bits per heavy atom. The first-order valence-corrected chi connectivity index (χ1v) is 7.54. The highest BCUT2D eigenvalue weighted by Crippen LogP contribution is 2.22.